The summed E-state index contributed by atoms with van der Waals surface area (Å²) in [6.45, 7) is 6.39. The standard InChI is InChI=1S/C34H54NO3/c1-5-6-7-8-9-10-11-12-13-15-19-31-23-25-33(26-24-31)38-30(2)29-37-34(36)22-18-27-35(3,4)28-32-20-16-14-17-21-32/h14,16-17,20-21,23-26,30H,5-13,15,18-19,22,27-29H2,1-4H3/q+1. The van der Waals surface area contributed by atoms with E-state index in [1.807, 2.05) is 25.1 Å². The third-order valence-electron chi connectivity index (χ3n) is 7.16. The molecule has 4 heteroatoms. The Kier molecular flexibility index (Phi) is 15.8. The molecule has 1 unspecified atom stereocenters. The van der Waals surface area contributed by atoms with Crippen LogP contribution in [0, 0.1) is 0 Å². The van der Waals surface area contributed by atoms with Crippen LogP contribution < -0.4 is 4.74 Å². The topological polar surface area (TPSA) is 35.5 Å². The molecule has 2 aromatic rings. The highest BCUT2D eigenvalue weighted by molar-refractivity contribution is 5.69. The highest BCUT2D eigenvalue weighted by atomic mass is 16.6. The van der Waals surface area contributed by atoms with Crippen molar-refractivity contribution >= 4 is 5.97 Å². The van der Waals surface area contributed by atoms with Crippen LogP contribution in [-0.4, -0.2) is 43.8 Å². The lowest BCUT2D eigenvalue weighted by Crippen LogP contribution is -2.39. The lowest BCUT2D eigenvalue weighted by molar-refractivity contribution is -0.903. The molecule has 0 amide bonds. The van der Waals surface area contributed by atoms with Crippen LogP contribution in [0.4, 0.5) is 0 Å². The molecule has 0 aliphatic carbocycles. The van der Waals surface area contributed by atoms with Crippen molar-refractivity contribution in [2.75, 3.05) is 27.2 Å². The molecule has 0 aromatic heterocycles. The molecule has 4 nitrogen and oxygen atoms in total. The molecule has 2 rings (SSSR count). The normalized spacial score (nSPS) is 12.3. The predicted octanol–water partition coefficient (Wildman–Crippen LogP) is 8.52. The van der Waals surface area contributed by atoms with Gasteiger partial charge in [0.15, 0.2) is 0 Å². The number of hydrogen-bond acceptors (Lipinski definition) is 3. The van der Waals surface area contributed by atoms with Gasteiger partial charge in [0.05, 0.1) is 27.1 Å². The third-order valence-corrected chi connectivity index (χ3v) is 7.16. The number of hydrogen-bond donors (Lipinski definition) is 0. The highest BCUT2D eigenvalue weighted by Crippen LogP contribution is 2.17. The van der Waals surface area contributed by atoms with E-state index in [0.717, 1.165) is 36.2 Å². The van der Waals surface area contributed by atoms with E-state index < -0.39 is 0 Å². The lowest BCUT2D eigenvalue weighted by Gasteiger charge is -2.29. The van der Waals surface area contributed by atoms with Crippen molar-refractivity contribution in [1.82, 2.24) is 0 Å². The van der Waals surface area contributed by atoms with Gasteiger partial charge in [0.1, 0.15) is 25.0 Å². The summed E-state index contributed by atoms with van der Waals surface area (Å²) >= 11 is 0. The summed E-state index contributed by atoms with van der Waals surface area (Å²) < 4.78 is 12.3. The van der Waals surface area contributed by atoms with Gasteiger partial charge in [0, 0.05) is 12.0 Å². The number of quaternary nitrogens is 1. The molecular formula is C34H54NO3+. The molecule has 2 aromatic carbocycles. The van der Waals surface area contributed by atoms with Crippen molar-refractivity contribution in [3.05, 3.63) is 65.7 Å². The van der Waals surface area contributed by atoms with Crippen LogP contribution in [-0.2, 0) is 22.5 Å². The molecule has 0 spiro atoms. The van der Waals surface area contributed by atoms with E-state index >= 15 is 0 Å². The number of unbranched alkanes of at least 4 members (excludes halogenated alkanes) is 9. The summed E-state index contributed by atoms with van der Waals surface area (Å²) in [7, 11) is 4.41. The van der Waals surface area contributed by atoms with Gasteiger partial charge >= 0.3 is 5.97 Å². The molecular weight excluding hydrogens is 470 g/mol. The van der Waals surface area contributed by atoms with Gasteiger partial charge < -0.3 is 14.0 Å². The Labute approximate surface area is 233 Å². The maximum absolute atomic E-state index is 12.2. The molecule has 212 valence electrons. The number of nitrogens with zero attached hydrogens (tertiary/aromatic N) is 1. The summed E-state index contributed by atoms with van der Waals surface area (Å²) in [5.74, 6) is 0.687. The number of carbonyl (C=O) groups is 1. The second-order valence-electron chi connectivity index (χ2n) is 11.6. The Bertz CT molecular complexity index is 863. The molecule has 0 aliphatic rings. The number of carbonyl (C=O) groups excluding carboxylic acids is 1. The fraction of sp³-hybridized carbons (Fsp3) is 0.618. The van der Waals surface area contributed by atoms with Gasteiger partial charge in [-0.15, -0.1) is 0 Å². The van der Waals surface area contributed by atoms with Gasteiger partial charge in [-0.25, -0.2) is 0 Å². The first-order valence-electron chi connectivity index (χ1n) is 15.1. The largest absolute Gasteiger partial charge is 0.487 e. The van der Waals surface area contributed by atoms with Crippen LogP contribution in [0.1, 0.15) is 102 Å². The second kappa shape index (κ2) is 18.8. The molecule has 38 heavy (non-hydrogen) atoms. The first-order chi connectivity index (χ1) is 18.4. The molecule has 0 bridgehead atoms. The van der Waals surface area contributed by atoms with E-state index in [2.05, 4.69) is 57.4 Å². The first kappa shape index (κ1) is 31.9. The summed E-state index contributed by atoms with van der Waals surface area (Å²) in [6.07, 6.45) is 15.9. The van der Waals surface area contributed by atoms with Crippen LogP contribution in [0.5, 0.6) is 5.75 Å². The molecule has 0 saturated heterocycles. The molecule has 0 heterocycles. The SMILES string of the molecule is CCCCCCCCCCCCc1ccc(OC(C)COC(=O)CCC[N+](C)(C)Cc2ccccc2)cc1. The van der Waals surface area contributed by atoms with E-state index in [9.17, 15) is 4.79 Å². The van der Waals surface area contributed by atoms with E-state index in [4.69, 9.17) is 9.47 Å². The van der Waals surface area contributed by atoms with Crippen LogP contribution in [0.3, 0.4) is 0 Å². The van der Waals surface area contributed by atoms with Crippen LogP contribution >= 0.6 is 0 Å². The van der Waals surface area contributed by atoms with Crippen molar-refractivity contribution in [2.45, 2.75) is 110 Å². The molecule has 1 atom stereocenters. The van der Waals surface area contributed by atoms with E-state index in [0.29, 0.717) is 6.42 Å². The summed E-state index contributed by atoms with van der Waals surface area (Å²) in [5.41, 5.74) is 2.68. The Morgan fingerprint density at radius 1 is 0.763 bits per heavy atom. The van der Waals surface area contributed by atoms with Gasteiger partial charge in [0.25, 0.3) is 0 Å². The van der Waals surface area contributed by atoms with E-state index in [1.54, 1.807) is 0 Å². The fourth-order valence-corrected chi connectivity index (χ4v) is 4.91. The minimum Gasteiger partial charge on any atom is -0.487 e. The first-order valence-corrected chi connectivity index (χ1v) is 15.1. The minimum absolute atomic E-state index is 0.146. The maximum atomic E-state index is 12.2. The molecule has 0 aliphatic heterocycles. The molecule has 0 N–H and O–H groups in total. The number of rotatable bonds is 21. The van der Waals surface area contributed by atoms with Crippen LogP contribution in [0.25, 0.3) is 0 Å². The van der Waals surface area contributed by atoms with Crippen molar-refractivity contribution in [2.24, 2.45) is 0 Å². The Balaban J connectivity index is 1.53. The maximum Gasteiger partial charge on any atom is 0.306 e. The number of aryl methyl sites for hydroxylation is 1. The van der Waals surface area contributed by atoms with Crippen molar-refractivity contribution in [3.8, 4) is 5.75 Å². The third kappa shape index (κ3) is 15.2. The Morgan fingerprint density at radius 3 is 2.00 bits per heavy atom. The average molecular weight is 525 g/mol. The molecule has 0 saturated carbocycles. The summed E-state index contributed by atoms with van der Waals surface area (Å²) in [4.78, 5) is 12.2. The Hall–Kier alpha value is -2.33. The van der Waals surface area contributed by atoms with Crippen molar-refractivity contribution < 1.29 is 18.8 Å². The van der Waals surface area contributed by atoms with Gasteiger partial charge in [-0.2, -0.15) is 0 Å². The van der Waals surface area contributed by atoms with Gasteiger partial charge in [-0.1, -0.05) is 107 Å². The fourth-order valence-electron chi connectivity index (χ4n) is 4.91. The summed E-state index contributed by atoms with van der Waals surface area (Å²) in [5, 5.41) is 0. The van der Waals surface area contributed by atoms with Gasteiger partial charge in [0.2, 0.25) is 0 Å². The van der Waals surface area contributed by atoms with E-state index in [1.165, 1.54) is 75.3 Å². The smallest absolute Gasteiger partial charge is 0.306 e. The lowest BCUT2D eigenvalue weighted by atomic mass is 10.0. The van der Waals surface area contributed by atoms with Crippen LogP contribution in [0.15, 0.2) is 54.6 Å². The van der Waals surface area contributed by atoms with Gasteiger partial charge in [-0.3, -0.25) is 4.79 Å². The average Bonchev–Trinajstić information content (AvgIpc) is 2.90. The zero-order chi connectivity index (χ0) is 27.5. The second-order valence-corrected chi connectivity index (χ2v) is 11.6. The van der Waals surface area contributed by atoms with Crippen molar-refractivity contribution in [1.29, 1.82) is 0 Å². The predicted molar refractivity (Wildman–Crippen MR) is 159 cm³/mol. The van der Waals surface area contributed by atoms with Crippen LogP contribution in [0.2, 0.25) is 0 Å². The quantitative estimate of drug-likeness (QED) is 0.0932. The van der Waals surface area contributed by atoms with E-state index in [-0.39, 0.29) is 18.7 Å². The minimum atomic E-state index is -0.169. The Morgan fingerprint density at radius 2 is 1.37 bits per heavy atom. The number of benzene rings is 2. The molecule has 0 radical (unpaired) electrons. The van der Waals surface area contributed by atoms with Crippen molar-refractivity contribution in [3.63, 3.8) is 0 Å². The number of esters is 1. The van der Waals surface area contributed by atoms with Gasteiger partial charge in [-0.05, 0) is 37.5 Å². The zero-order valence-electron chi connectivity index (χ0n) is 24.8. The number of ether oxygens (including phenoxy) is 2. The summed E-state index contributed by atoms with van der Waals surface area (Å²) in [6, 6.07) is 18.9. The monoisotopic (exact) mass is 524 g/mol. The highest BCUT2D eigenvalue weighted by Gasteiger charge is 2.17. The molecule has 0 fully saturated rings. The zero-order valence-corrected chi connectivity index (χ0v) is 24.8.